The molecule has 6 heteroatoms. The van der Waals surface area contributed by atoms with Crippen LogP contribution in [0.2, 0.25) is 0 Å². The zero-order valence-electron chi connectivity index (χ0n) is 13.3. The Labute approximate surface area is 140 Å². The largest absolute Gasteiger partial charge is 0.335 e. The van der Waals surface area contributed by atoms with E-state index in [0.29, 0.717) is 24.7 Å². The van der Waals surface area contributed by atoms with Gasteiger partial charge in [-0.15, -0.1) is 0 Å². The Morgan fingerprint density at radius 2 is 2.17 bits per heavy atom. The summed E-state index contributed by atoms with van der Waals surface area (Å²) in [5.74, 6) is 0.627. The van der Waals surface area contributed by atoms with Crippen LogP contribution in [0.1, 0.15) is 30.9 Å². The van der Waals surface area contributed by atoms with Gasteiger partial charge < -0.3 is 4.90 Å². The topological polar surface area (TPSA) is 23.6 Å². The van der Waals surface area contributed by atoms with Crippen molar-refractivity contribution in [2.24, 2.45) is 0 Å². The summed E-state index contributed by atoms with van der Waals surface area (Å²) in [7, 11) is 2.00. The first-order valence-corrected chi connectivity index (χ1v) is 9.24. The molecule has 23 heavy (non-hydrogen) atoms. The number of hydrogen-bond acceptors (Lipinski definition) is 3. The van der Waals surface area contributed by atoms with E-state index in [-0.39, 0.29) is 11.9 Å². The third-order valence-electron chi connectivity index (χ3n) is 4.82. The number of carbonyl (C=O) groups is 1. The van der Waals surface area contributed by atoms with Gasteiger partial charge in [-0.1, -0.05) is 6.07 Å². The van der Waals surface area contributed by atoms with Crippen molar-refractivity contribution in [1.29, 1.82) is 0 Å². The van der Waals surface area contributed by atoms with Crippen molar-refractivity contribution in [3.8, 4) is 0 Å². The van der Waals surface area contributed by atoms with Gasteiger partial charge in [-0.2, -0.15) is 11.8 Å². The number of likely N-dealkylation sites (tertiary alicyclic amines) is 1. The van der Waals surface area contributed by atoms with E-state index in [9.17, 15) is 13.6 Å². The minimum absolute atomic E-state index is 0.0802. The second-order valence-electron chi connectivity index (χ2n) is 6.35. The van der Waals surface area contributed by atoms with Gasteiger partial charge in [0.15, 0.2) is 11.6 Å². The van der Waals surface area contributed by atoms with Crippen LogP contribution in [0, 0.1) is 11.6 Å². The van der Waals surface area contributed by atoms with Crippen LogP contribution < -0.4 is 0 Å². The predicted octanol–water partition coefficient (Wildman–Crippen LogP) is 3.07. The summed E-state index contributed by atoms with van der Waals surface area (Å²) in [6.07, 6.45) is 2.83. The maximum atomic E-state index is 13.5. The van der Waals surface area contributed by atoms with Crippen LogP contribution >= 0.6 is 11.8 Å². The molecule has 0 unspecified atom stereocenters. The van der Waals surface area contributed by atoms with Gasteiger partial charge in [0.1, 0.15) is 0 Å². The van der Waals surface area contributed by atoms with Crippen LogP contribution in [-0.4, -0.2) is 53.4 Å². The summed E-state index contributed by atoms with van der Waals surface area (Å²) in [6, 6.07) is 4.29. The molecule has 3 nitrogen and oxygen atoms in total. The quantitative estimate of drug-likeness (QED) is 0.842. The van der Waals surface area contributed by atoms with Crippen molar-refractivity contribution in [3.63, 3.8) is 0 Å². The van der Waals surface area contributed by atoms with Gasteiger partial charge in [0.25, 0.3) is 0 Å². The molecule has 2 aliphatic heterocycles. The second kappa shape index (κ2) is 7.18. The summed E-state index contributed by atoms with van der Waals surface area (Å²) in [5.41, 5.74) is 0.689. The van der Waals surface area contributed by atoms with Crippen LogP contribution in [0.25, 0.3) is 0 Å². The minimum Gasteiger partial charge on any atom is -0.335 e. The lowest BCUT2D eigenvalue weighted by Crippen LogP contribution is -2.42. The number of hydrogen-bond donors (Lipinski definition) is 0. The average molecular weight is 340 g/mol. The highest BCUT2D eigenvalue weighted by Crippen LogP contribution is 2.33. The Kier molecular flexibility index (Phi) is 5.21. The van der Waals surface area contributed by atoms with E-state index in [1.807, 2.05) is 23.7 Å². The summed E-state index contributed by atoms with van der Waals surface area (Å²) in [4.78, 5) is 16.6. The number of benzene rings is 1. The number of halogens is 2. The molecular formula is C17H22F2N2OS. The lowest BCUT2D eigenvalue weighted by molar-refractivity contribution is -0.133. The number of amides is 1. The van der Waals surface area contributed by atoms with Gasteiger partial charge in [-0.05, 0) is 49.8 Å². The fourth-order valence-electron chi connectivity index (χ4n) is 3.43. The van der Waals surface area contributed by atoms with Gasteiger partial charge in [0, 0.05) is 18.3 Å². The van der Waals surface area contributed by atoms with Crippen LogP contribution in [0.3, 0.4) is 0 Å². The molecule has 0 saturated carbocycles. The van der Waals surface area contributed by atoms with E-state index in [2.05, 4.69) is 4.90 Å². The molecule has 0 bridgehead atoms. The van der Waals surface area contributed by atoms with Crippen molar-refractivity contribution in [2.45, 2.75) is 31.3 Å². The first-order chi connectivity index (χ1) is 11.1. The van der Waals surface area contributed by atoms with Crippen molar-refractivity contribution in [2.75, 3.05) is 31.6 Å². The van der Waals surface area contributed by atoms with E-state index >= 15 is 0 Å². The highest BCUT2D eigenvalue weighted by atomic mass is 32.2. The molecular weight excluding hydrogens is 318 g/mol. The summed E-state index contributed by atoms with van der Waals surface area (Å²) in [6.45, 7) is 1.08. The zero-order valence-corrected chi connectivity index (χ0v) is 14.1. The molecule has 1 amide bonds. The second-order valence-corrected chi connectivity index (χ2v) is 7.50. The SMILES string of the molecule is CN(CC(=O)N1CCC[C@H]1c1ccc(F)c(F)c1)[C@@H]1CCSC1. The number of likely N-dealkylation sites (N-methyl/N-ethyl adjacent to an activating group) is 1. The van der Waals surface area contributed by atoms with Crippen molar-refractivity contribution in [3.05, 3.63) is 35.4 Å². The van der Waals surface area contributed by atoms with Crippen molar-refractivity contribution < 1.29 is 13.6 Å². The zero-order chi connectivity index (χ0) is 16.4. The Hall–Kier alpha value is -1.14. The maximum absolute atomic E-state index is 13.5. The molecule has 1 aromatic rings. The predicted molar refractivity (Wildman–Crippen MR) is 88.4 cm³/mol. The molecule has 1 aromatic carbocycles. The summed E-state index contributed by atoms with van der Waals surface area (Å²) < 4.78 is 26.6. The van der Waals surface area contributed by atoms with Gasteiger partial charge in [-0.25, -0.2) is 8.78 Å². The highest BCUT2D eigenvalue weighted by molar-refractivity contribution is 7.99. The Balaban J connectivity index is 1.67. The fourth-order valence-corrected chi connectivity index (χ4v) is 4.73. The molecule has 2 heterocycles. The molecule has 0 aromatic heterocycles. The van der Waals surface area contributed by atoms with E-state index in [4.69, 9.17) is 0 Å². The monoisotopic (exact) mass is 340 g/mol. The number of carbonyl (C=O) groups excluding carboxylic acids is 1. The lowest BCUT2D eigenvalue weighted by atomic mass is 10.0. The number of thioether (sulfide) groups is 1. The van der Waals surface area contributed by atoms with Gasteiger partial charge in [0.05, 0.1) is 12.6 Å². The molecule has 0 radical (unpaired) electrons. The number of nitrogens with zero attached hydrogens (tertiary/aromatic N) is 2. The Morgan fingerprint density at radius 3 is 2.87 bits per heavy atom. The van der Waals surface area contributed by atoms with Crippen LogP contribution in [0.15, 0.2) is 18.2 Å². The van der Waals surface area contributed by atoms with Gasteiger partial charge in [0.2, 0.25) is 5.91 Å². The van der Waals surface area contributed by atoms with Crippen molar-refractivity contribution >= 4 is 17.7 Å². The third kappa shape index (κ3) is 3.69. The molecule has 0 aliphatic carbocycles. The van der Waals surface area contributed by atoms with Gasteiger partial charge in [-0.3, -0.25) is 9.69 Å². The summed E-state index contributed by atoms with van der Waals surface area (Å²) >= 11 is 1.93. The molecule has 0 N–H and O–H groups in total. The first kappa shape index (κ1) is 16.7. The van der Waals surface area contributed by atoms with Crippen LogP contribution in [0.5, 0.6) is 0 Å². The van der Waals surface area contributed by atoms with Crippen LogP contribution in [-0.2, 0) is 4.79 Å². The first-order valence-electron chi connectivity index (χ1n) is 8.08. The third-order valence-corrected chi connectivity index (χ3v) is 5.96. The Bertz CT molecular complexity index is 578. The fraction of sp³-hybridized carbons (Fsp3) is 0.588. The molecule has 2 fully saturated rings. The smallest absolute Gasteiger partial charge is 0.237 e. The normalized spacial score (nSPS) is 24.6. The summed E-state index contributed by atoms with van der Waals surface area (Å²) in [5, 5.41) is 0. The van der Waals surface area contributed by atoms with E-state index in [1.165, 1.54) is 6.07 Å². The maximum Gasteiger partial charge on any atom is 0.237 e. The average Bonchev–Trinajstić information content (AvgIpc) is 3.21. The van der Waals surface area contributed by atoms with E-state index in [0.717, 1.165) is 36.8 Å². The van der Waals surface area contributed by atoms with Crippen molar-refractivity contribution in [1.82, 2.24) is 9.80 Å². The Morgan fingerprint density at radius 1 is 1.35 bits per heavy atom. The lowest BCUT2D eigenvalue weighted by Gasteiger charge is -2.29. The molecule has 126 valence electrons. The molecule has 2 atom stereocenters. The standard InChI is InChI=1S/C17H22F2N2OS/c1-20(13-6-8-23-11-13)10-17(22)21-7-2-3-16(21)12-4-5-14(18)15(19)9-12/h4-5,9,13,16H,2-3,6-8,10-11H2,1H3/t13-,16+/m1/s1. The highest BCUT2D eigenvalue weighted by Gasteiger charge is 2.32. The van der Waals surface area contributed by atoms with Gasteiger partial charge >= 0.3 is 0 Å². The van der Waals surface area contributed by atoms with E-state index in [1.54, 1.807) is 6.07 Å². The van der Waals surface area contributed by atoms with E-state index < -0.39 is 11.6 Å². The minimum atomic E-state index is -0.845. The van der Waals surface area contributed by atoms with Crippen LogP contribution in [0.4, 0.5) is 8.78 Å². The molecule has 2 saturated heterocycles. The molecule has 0 spiro atoms. The number of rotatable bonds is 4. The molecule has 3 rings (SSSR count). The molecule has 2 aliphatic rings.